The highest BCUT2D eigenvalue weighted by molar-refractivity contribution is 7.17. The maximum absolute atomic E-state index is 11.5. The van der Waals surface area contributed by atoms with Gasteiger partial charge in [0, 0.05) is 11.3 Å². The molecule has 116 valence electrons. The molecule has 0 spiro atoms. The first-order valence-electron chi connectivity index (χ1n) is 6.88. The number of nitrogens with one attached hydrogen (secondary N) is 1. The number of carboxylic acids is 1. The molecule has 0 radical (unpaired) electrons. The maximum atomic E-state index is 11.5. The largest absolute Gasteiger partial charge is 0.497 e. The molecule has 0 unspecified atom stereocenters. The number of aromatic nitrogens is 1. The Morgan fingerprint density at radius 2 is 1.83 bits per heavy atom. The third-order valence-corrected chi connectivity index (χ3v) is 4.29. The van der Waals surface area contributed by atoms with E-state index in [0.717, 1.165) is 28.3 Å². The molecule has 0 fully saturated rings. The van der Waals surface area contributed by atoms with Crippen LogP contribution in [0.15, 0.2) is 54.6 Å². The second kappa shape index (κ2) is 6.50. The van der Waals surface area contributed by atoms with E-state index >= 15 is 0 Å². The van der Waals surface area contributed by atoms with E-state index in [1.165, 1.54) is 0 Å². The lowest BCUT2D eigenvalue weighted by Gasteiger charge is -2.03. The minimum Gasteiger partial charge on any atom is -0.497 e. The van der Waals surface area contributed by atoms with Crippen molar-refractivity contribution in [2.24, 2.45) is 0 Å². The molecule has 0 atom stereocenters. The first kappa shape index (κ1) is 15.1. The smallest absolute Gasteiger partial charge is 0.349 e. The number of anilines is 2. The van der Waals surface area contributed by atoms with Crippen LogP contribution in [0.2, 0.25) is 0 Å². The van der Waals surface area contributed by atoms with Gasteiger partial charge in [0.2, 0.25) is 0 Å². The Bertz CT molecular complexity index is 814. The Balaban J connectivity index is 1.96. The van der Waals surface area contributed by atoms with Crippen molar-refractivity contribution in [3.8, 4) is 16.3 Å². The van der Waals surface area contributed by atoms with Gasteiger partial charge in [-0.15, -0.1) is 11.3 Å². The normalized spacial score (nSPS) is 10.3. The summed E-state index contributed by atoms with van der Waals surface area (Å²) < 4.78 is 5.13. The topological polar surface area (TPSA) is 71.5 Å². The van der Waals surface area contributed by atoms with Gasteiger partial charge >= 0.3 is 5.97 Å². The molecule has 1 aromatic heterocycles. The zero-order valence-electron chi connectivity index (χ0n) is 12.3. The van der Waals surface area contributed by atoms with E-state index in [1.54, 1.807) is 7.11 Å². The summed E-state index contributed by atoms with van der Waals surface area (Å²) >= 11 is 1.14. The predicted octanol–water partition coefficient (Wildman–Crippen LogP) is 4.26. The molecule has 3 rings (SSSR count). The monoisotopic (exact) mass is 326 g/mol. The van der Waals surface area contributed by atoms with Crippen LogP contribution in [0.1, 0.15) is 9.67 Å². The van der Waals surface area contributed by atoms with Crippen molar-refractivity contribution in [3.05, 3.63) is 59.5 Å². The highest BCUT2D eigenvalue weighted by atomic mass is 32.1. The lowest BCUT2D eigenvalue weighted by molar-refractivity contribution is 0.0703. The molecule has 1 heterocycles. The average Bonchev–Trinajstić information content (AvgIpc) is 3.00. The summed E-state index contributed by atoms with van der Waals surface area (Å²) in [5, 5.41) is 13.1. The van der Waals surface area contributed by atoms with Crippen molar-refractivity contribution >= 4 is 28.8 Å². The number of carboxylic acid groups (broad SMARTS) is 1. The van der Waals surface area contributed by atoms with E-state index in [-0.39, 0.29) is 4.88 Å². The highest BCUT2D eigenvalue weighted by Crippen LogP contribution is 2.33. The molecule has 0 aliphatic carbocycles. The zero-order valence-corrected chi connectivity index (χ0v) is 13.1. The van der Waals surface area contributed by atoms with Crippen molar-refractivity contribution in [2.45, 2.75) is 0 Å². The van der Waals surface area contributed by atoms with Crippen LogP contribution in [0.5, 0.6) is 5.75 Å². The Labute approximate surface area is 137 Å². The summed E-state index contributed by atoms with van der Waals surface area (Å²) in [4.78, 5) is 16.1. The fourth-order valence-corrected chi connectivity index (χ4v) is 2.93. The van der Waals surface area contributed by atoms with Crippen LogP contribution in [0.25, 0.3) is 10.6 Å². The van der Waals surface area contributed by atoms with E-state index in [9.17, 15) is 9.90 Å². The van der Waals surface area contributed by atoms with Crippen LogP contribution >= 0.6 is 11.3 Å². The zero-order chi connectivity index (χ0) is 16.2. The van der Waals surface area contributed by atoms with Gasteiger partial charge in [-0.05, 0) is 36.4 Å². The molecule has 0 aliphatic rings. The van der Waals surface area contributed by atoms with Gasteiger partial charge in [0.05, 0.1) is 7.11 Å². The quantitative estimate of drug-likeness (QED) is 0.733. The molecule has 3 aromatic rings. The van der Waals surface area contributed by atoms with Crippen LogP contribution in [-0.4, -0.2) is 23.2 Å². The van der Waals surface area contributed by atoms with Crippen molar-refractivity contribution in [3.63, 3.8) is 0 Å². The summed E-state index contributed by atoms with van der Waals surface area (Å²) in [6.45, 7) is 0. The van der Waals surface area contributed by atoms with Crippen molar-refractivity contribution in [1.82, 2.24) is 4.98 Å². The molecule has 0 amide bonds. The minimum atomic E-state index is -0.999. The van der Waals surface area contributed by atoms with Gasteiger partial charge in [-0.2, -0.15) is 0 Å². The molecular formula is C17H14N2O3S. The molecule has 2 N–H and O–H groups in total. The summed E-state index contributed by atoms with van der Waals surface area (Å²) in [5.74, 6) is 0.0895. The number of nitrogens with zero attached hydrogens (tertiary/aromatic N) is 1. The van der Waals surface area contributed by atoms with Crippen LogP contribution in [0.3, 0.4) is 0 Å². The second-order valence-corrected chi connectivity index (χ2v) is 5.72. The number of thiazole rings is 1. The standard InChI is InChI=1S/C17H14N2O3S/c1-22-13-9-7-11(8-10-13)16-19-15(14(23-16)17(20)21)18-12-5-3-2-4-6-12/h2-10,18H,1H3,(H,20,21). The van der Waals surface area contributed by atoms with Gasteiger partial charge in [-0.3, -0.25) is 0 Å². The van der Waals surface area contributed by atoms with Crippen LogP contribution in [0.4, 0.5) is 11.5 Å². The van der Waals surface area contributed by atoms with Crippen LogP contribution in [-0.2, 0) is 0 Å². The van der Waals surface area contributed by atoms with E-state index < -0.39 is 5.97 Å². The Hall–Kier alpha value is -2.86. The lowest BCUT2D eigenvalue weighted by Crippen LogP contribution is -1.99. The number of aromatic carboxylic acids is 1. The number of hydrogen-bond donors (Lipinski definition) is 2. The van der Waals surface area contributed by atoms with E-state index in [0.29, 0.717) is 10.8 Å². The number of hydrogen-bond acceptors (Lipinski definition) is 5. The third kappa shape index (κ3) is 3.32. The summed E-state index contributed by atoms with van der Waals surface area (Å²) in [6.07, 6.45) is 0. The van der Waals surface area contributed by atoms with Gasteiger partial charge in [-0.1, -0.05) is 18.2 Å². The summed E-state index contributed by atoms with van der Waals surface area (Å²) in [5.41, 5.74) is 1.64. The van der Waals surface area contributed by atoms with Crippen molar-refractivity contribution < 1.29 is 14.6 Å². The predicted molar refractivity (Wildman–Crippen MR) is 90.8 cm³/mol. The Morgan fingerprint density at radius 1 is 1.13 bits per heavy atom. The SMILES string of the molecule is COc1ccc(-c2nc(Nc3ccccc3)c(C(=O)O)s2)cc1. The average molecular weight is 326 g/mol. The fourth-order valence-electron chi connectivity index (χ4n) is 2.07. The molecule has 0 saturated carbocycles. The van der Waals surface area contributed by atoms with Crippen molar-refractivity contribution in [2.75, 3.05) is 12.4 Å². The minimum absolute atomic E-state index is 0.180. The Kier molecular flexibility index (Phi) is 4.25. The number of para-hydroxylation sites is 1. The van der Waals surface area contributed by atoms with Gasteiger partial charge in [-0.25, -0.2) is 9.78 Å². The van der Waals surface area contributed by atoms with E-state index in [4.69, 9.17) is 4.74 Å². The lowest BCUT2D eigenvalue weighted by atomic mass is 10.2. The van der Waals surface area contributed by atoms with Crippen LogP contribution < -0.4 is 10.1 Å². The molecular weight excluding hydrogens is 312 g/mol. The van der Waals surface area contributed by atoms with E-state index in [2.05, 4.69) is 10.3 Å². The Morgan fingerprint density at radius 3 is 2.43 bits per heavy atom. The summed E-state index contributed by atoms with van der Waals surface area (Å²) in [7, 11) is 1.60. The number of ether oxygens (including phenoxy) is 1. The van der Waals surface area contributed by atoms with Gasteiger partial charge in [0.1, 0.15) is 10.8 Å². The molecule has 0 bridgehead atoms. The molecule has 5 nitrogen and oxygen atoms in total. The summed E-state index contributed by atoms with van der Waals surface area (Å²) in [6, 6.07) is 16.7. The van der Waals surface area contributed by atoms with Gasteiger partial charge in [0.25, 0.3) is 0 Å². The number of carbonyl (C=O) groups is 1. The van der Waals surface area contributed by atoms with E-state index in [1.807, 2.05) is 54.6 Å². The molecule has 0 saturated heterocycles. The van der Waals surface area contributed by atoms with Crippen LogP contribution in [0, 0.1) is 0 Å². The first-order valence-corrected chi connectivity index (χ1v) is 7.69. The molecule has 0 aliphatic heterocycles. The third-order valence-electron chi connectivity index (χ3n) is 3.19. The number of methoxy groups -OCH3 is 1. The second-order valence-electron chi connectivity index (χ2n) is 4.72. The van der Waals surface area contributed by atoms with Gasteiger partial charge in [0.15, 0.2) is 10.7 Å². The fraction of sp³-hybridized carbons (Fsp3) is 0.0588. The maximum Gasteiger partial charge on any atom is 0.349 e. The van der Waals surface area contributed by atoms with Gasteiger partial charge < -0.3 is 15.2 Å². The first-order chi connectivity index (χ1) is 11.2. The number of benzene rings is 2. The number of rotatable bonds is 5. The molecule has 23 heavy (non-hydrogen) atoms. The van der Waals surface area contributed by atoms with Crippen molar-refractivity contribution in [1.29, 1.82) is 0 Å². The molecule has 2 aromatic carbocycles. The highest BCUT2D eigenvalue weighted by Gasteiger charge is 2.18. The molecule has 6 heteroatoms.